The summed E-state index contributed by atoms with van der Waals surface area (Å²) in [6.07, 6.45) is 0. The van der Waals surface area contributed by atoms with E-state index in [9.17, 15) is 0 Å². The van der Waals surface area contributed by atoms with Crippen LogP contribution < -0.4 is 5.73 Å². The molecule has 1 nitrogen and oxygen atoms in total. The first-order valence-electron chi connectivity index (χ1n) is 5.48. The Morgan fingerprint density at radius 1 is 0.812 bits per heavy atom. The van der Waals surface area contributed by atoms with Gasteiger partial charge in [0, 0.05) is 0 Å². The quantitative estimate of drug-likeness (QED) is 0.770. The summed E-state index contributed by atoms with van der Waals surface area (Å²) in [5.74, 6) is 0. The lowest BCUT2D eigenvalue weighted by Crippen LogP contribution is -1.83. The third-order valence-electron chi connectivity index (χ3n) is 2.47. The molecule has 0 aliphatic heterocycles. The largest absolute Gasteiger partial charge is 0.333 e. The third kappa shape index (κ3) is 2.94. The predicted octanol–water partition coefficient (Wildman–Crippen LogP) is 3.55. The molecule has 0 saturated carbocycles. The van der Waals surface area contributed by atoms with Crippen LogP contribution in [0.25, 0.3) is 11.1 Å². The molecule has 0 aliphatic carbocycles. The first-order valence-corrected chi connectivity index (χ1v) is 5.48. The molecule has 2 aromatic rings. The third-order valence-corrected chi connectivity index (χ3v) is 2.47. The van der Waals surface area contributed by atoms with Crippen molar-refractivity contribution in [3.05, 3.63) is 59.7 Å². The molecule has 1 heteroatoms. The highest BCUT2D eigenvalue weighted by Gasteiger charge is 1.99. The Kier molecular flexibility index (Phi) is 4.74. The van der Waals surface area contributed by atoms with Crippen LogP contribution in [0.3, 0.4) is 0 Å². The first kappa shape index (κ1) is 12.5. The van der Waals surface area contributed by atoms with E-state index in [0.717, 1.165) is 0 Å². The zero-order valence-electron chi connectivity index (χ0n) is 10.2. The van der Waals surface area contributed by atoms with Gasteiger partial charge in [-0.05, 0) is 37.6 Å². The van der Waals surface area contributed by atoms with E-state index in [1.807, 2.05) is 6.07 Å². The van der Waals surface area contributed by atoms with Crippen LogP contribution in [0.4, 0.5) is 0 Å². The van der Waals surface area contributed by atoms with Gasteiger partial charge in [0.15, 0.2) is 0 Å². The molecule has 0 atom stereocenters. The minimum Gasteiger partial charge on any atom is -0.333 e. The van der Waals surface area contributed by atoms with Crippen molar-refractivity contribution in [1.82, 2.24) is 0 Å². The molecule has 0 amide bonds. The van der Waals surface area contributed by atoms with Crippen molar-refractivity contribution in [2.75, 3.05) is 7.05 Å². The smallest absolute Gasteiger partial charge is 0.0155 e. The van der Waals surface area contributed by atoms with Gasteiger partial charge in [0.2, 0.25) is 0 Å². The van der Waals surface area contributed by atoms with Gasteiger partial charge in [-0.1, -0.05) is 54.1 Å². The highest BCUT2D eigenvalue weighted by Crippen LogP contribution is 2.23. The van der Waals surface area contributed by atoms with Gasteiger partial charge in [0.25, 0.3) is 0 Å². The van der Waals surface area contributed by atoms with Crippen LogP contribution >= 0.6 is 0 Å². The Bertz CT molecular complexity index is 432. The summed E-state index contributed by atoms with van der Waals surface area (Å²) in [6.45, 7) is 4.29. The second-order valence-corrected chi connectivity index (χ2v) is 3.68. The number of nitrogens with two attached hydrogens (primary N) is 1. The van der Waals surface area contributed by atoms with Gasteiger partial charge < -0.3 is 5.73 Å². The van der Waals surface area contributed by atoms with Crippen LogP contribution in [0.2, 0.25) is 0 Å². The van der Waals surface area contributed by atoms with Gasteiger partial charge in [-0.25, -0.2) is 0 Å². The molecule has 2 rings (SSSR count). The fraction of sp³-hybridized carbons (Fsp3) is 0.200. The summed E-state index contributed by atoms with van der Waals surface area (Å²) >= 11 is 0. The number of rotatable bonds is 1. The topological polar surface area (TPSA) is 26.0 Å². The van der Waals surface area contributed by atoms with Crippen molar-refractivity contribution < 1.29 is 0 Å². The predicted molar refractivity (Wildman–Crippen MR) is 71.5 cm³/mol. The monoisotopic (exact) mass is 213 g/mol. The molecular formula is C15H19N. The highest BCUT2D eigenvalue weighted by molar-refractivity contribution is 5.67. The highest BCUT2D eigenvalue weighted by atomic mass is 14.4. The van der Waals surface area contributed by atoms with Gasteiger partial charge in [0.05, 0.1) is 0 Å². The van der Waals surface area contributed by atoms with E-state index in [1.165, 1.54) is 29.3 Å². The normalized spacial score (nSPS) is 9.25. The van der Waals surface area contributed by atoms with Crippen LogP contribution in [0.15, 0.2) is 48.5 Å². The average Bonchev–Trinajstić information content (AvgIpc) is 2.33. The summed E-state index contributed by atoms with van der Waals surface area (Å²) in [6, 6.07) is 17.1. The van der Waals surface area contributed by atoms with Gasteiger partial charge in [-0.3, -0.25) is 0 Å². The van der Waals surface area contributed by atoms with Crippen molar-refractivity contribution in [3.8, 4) is 11.1 Å². The molecule has 0 aliphatic rings. The Hall–Kier alpha value is -1.60. The van der Waals surface area contributed by atoms with Crippen molar-refractivity contribution in [2.24, 2.45) is 5.73 Å². The molecule has 0 heterocycles. The lowest BCUT2D eigenvalue weighted by molar-refractivity contribution is 1.38. The minimum atomic E-state index is 1.30. The van der Waals surface area contributed by atoms with Gasteiger partial charge in [0.1, 0.15) is 0 Å². The van der Waals surface area contributed by atoms with E-state index in [0.29, 0.717) is 0 Å². The maximum Gasteiger partial charge on any atom is -0.0155 e. The Labute approximate surface area is 97.9 Å². The first-order chi connectivity index (χ1) is 7.77. The van der Waals surface area contributed by atoms with Gasteiger partial charge in [-0.2, -0.15) is 0 Å². The molecule has 0 aromatic heterocycles. The standard InChI is InChI=1S/C14H14.CH5N/c1-11-8-9-14(12(2)10-11)13-6-4-3-5-7-13;1-2/h3-10H,1-2H3;2H2,1H3. The maximum atomic E-state index is 4.50. The molecule has 84 valence electrons. The number of hydrogen-bond acceptors (Lipinski definition) is 1. The van der Waals surface area contributed by atoms with Crippen LogP contribution in [-0.2, 0) is 0 Å². The molecule has 0 spiro atoms. The van der Waals surface area contributed by atoms with Crippen LogP contribution in [0.1, 0.15) is 11.1 Å². The molecule has 0 radical (unpaired) electrons. The Morgan fingerprint density at radius 2 is 1.44 bits per heavy atom. The van der Waals surface area contributed by atoms with Crippen LogP contribution in [0, 0.1) is 13.8 Å². The maximum absolute atomic E-state index is 4.50. The fourth-order valence-corrected chi connectivity index (χ4v) is 1.76. The molecular weight excluding hydrogens is 194 g/mol. The molecule has 0 unspecified atom stereocenters. The summed E-state index contributed by atoms with van der Waals surface area (Å²) in [4.78, 5) is 0. The van der Waals surface area contributed by atoms with E-state index in [1.54, 1.807) is 0 Å². The van der Waals surface area contributed by atoms with Gasteiger partial charge in [-0.15, -0.1) is 0 Å². The van der Waals surface area contributed by atoms with Crippen molar-refractivity contribution in [3.63, 3.8) is 0 Å². The zero-order chi connectivity index (χ0) is 12.0. The van der Waals surface area contributed by atoms with Crippen LogP contribution in [0.5, 0.6) is 0 Å². The van der Waals surface area contributed by atoms with E-state index in [-0.39, 0.29) is 0 Å². The molecule has 2 aromatic carbocycles. The second kappa shape index (κ2) is 6.09. The number of aryl methyl sites for hydroxylation is 2. The van der Waals surface area contributed by atoms with Crippen molar-refractivity contribution in [2.45, 2.75) is 13.8 Å². The molecule has 0 saturated heterocycles. The summed E-state index contributed by atoms with van der Waals surface area (Å²) in [5.41, 5.74) is 9.79. The van der Waals surface area contributed by atoms with E-state index in [2.05, 4.69) is 62.0 Å². The van der Waals surface area contributed by atoms with Crippen LogP contribution in [-0.4, -0.2) is 7.05 Å². The lowest BCUT2D eigenvalue weighted by atomic mass is 9.99. The SMILES string of the molecule is CN.Cc1ccc(-c2ccccc2)c(C)c1. The number of hydrogen-bond donors (Lipinski definition) is 1. The zero-order valence-corrected chi connectivity index (χ0v) is 10.2. The van der Waals surface area contributed by atoms with E-state index < -0.39 is 0 Å². The minimum absolute atomic E-state index is 1.30. The second-order valence-electron chi connectivity index (χ2n) is 3.68. The van der Waals surface area contributed by atoms with E-state index in [4.69, 9.17) is 0 Å². The number of benzene rings is 2. The average molecular weight is 213 g/mol. The summed E-state index contributed by atoms with van der Waals surface area (Å²) < 4.78 is 0. The molecule has 2 N–H and O–H groups in total. The molecule has 0 bridgehead atoms. The summed E-state index contributed by atoms with van der Waals surface area (Å²) in [7, 11) is 1.50. The fourth-order valence-electron chi connectivity index (χ4n) is 1.76. The molecule has 16 heavy (non-hydrogen) atoms. The summed E-state index contributed by atoms with van der Waals surface area (Å²) in [5, 5.41) is 0. The van der Waals surface area contributed by atoms with Crippen molar-refractivity contribution >= 4 is 0 Å². The Morgan fingerprint density at radius 3 is 2.00 bits per heavy atom. The van der Waals surface area contributed by atoms with Gasteiger partial charge >= 0.3 is 0 Å². The van der Waals surface area contributed by atoms with E-state index >= 15 is 0 Å². The lowest BCUT2D eigenvalue weighted by Gasteiger charge is -2.06. The van der Waals surface area contributed by atoms with Crippen molar-refractivity contribution in [1.29, 1.82) is 0 Å². The molecule has 0 fully saturated rings. The Balaban J connectivity index is 0.000000606.